The van der Waals surface area contributed by atoms with Gasteiger partial charge in [0.2, 0.25) is 0 Å². The van der Waals surface area contributed by atoms with Gasteiger partial charge in [-0.3, -0.25) is 0 Å². The second-order valence-corrected chi connectivity index (χ2v) is 4.08. The van der Waals surface area contributed by atoms with Gasteiger partial charge in [-0.05, 0) is 18.8 Å². The van der Waals surface area contributed by atoms with E-state index in [1.54, 1.807) is 6.92 Å². The summed E-state index contributed by atoms with van der Waals surface area (Å²) in [7, 11) is 0. The first-order valence-electron chi connectivity index (χ1n) is 5.27. The van der Waals surface area contributed by atoms with Crippen molar-refractivity contribution in [1.29, 1.82) is 0 Å². The van der Waals surface area contributed by atoms with Gasteiger partial charge in [-0.25, -0.2) is 9.59 Å². The van der Waals surface area contributed by atoms with Gasteiger partial charge in [-0.15, -0.1) is 0 Å². The highest BCUT2D eigenvalue weighted by atomic mass is 16.6. The van der Waals surface area contributed by atoms with E-state index in [1.165, 1.54) is 0 Å². The molecule has 0 aromatic carbocycles. The molecule has 0 aliphatic heterocycles. The van der Waals surface area contributed by atoms with Crippen LogP contribution in [0.5, 0.6) is 0 Å². The molecule has 0 aromatic heterocycles. The van der Waals surface area contributed by atoms with Crippen molar-refractivity contribution >= 4 is 11.9 Å². The molecule has 0 atom stereocenters. The van der Waals surface area contributed by atoms with E-state index in [4.69, 9.17) is 4.74 Å². The standard InChI is InChI=1S/C11H20O4/c1-6-14-10(12)11(13)15-9(7(2)3)8(4)5/h7-9H,6H2,1-5H3. The van der Waals surface area contributed by atoms with Crippen molar-refractivity contribution in [3.63, 3.8) is 0 Å². The molecule has 0 aliphatic rings. The average Bonchev–Trinajstić information content (AvgIpc) is 2.12. The van der Waals surface area contributed by atoms with Crippen LogP contribution in [0.1, 0.15) is 34.6 Å². The largest absolute Gasteiger partial charge is 0.458 e. The topological polar surface area (TPSA) is 52.6 Å². The third kappa shape index (κ3) is 4.81. The molecule has 4 heteroatoms. The maximum absolute atomic E-state index is 11.3. The van der Waals surface area contributed by atoms with Crippen LogP contribution in [-0.2, 0) is 19.1 Å². The van der Waals surface area contributed by atoms with E-state index < -0.39 is 11.9 Å². The molecule has 15 heavy (non-hydrogen) atoms. The van der Waals surface area contributed by atoms with Gasteiger partial charge < -0.3 is 9.47 Å². The smallest absolute Gasteiger partial charge is 0.417 e. The summed E-state index contributed by atoms with van der Waals surface area (Å²) < 4.78 is 9.62. The monoisotopic (exact) mass is 216 g/mol. The Labute approximate surface area is 90.9 Å². The Bertz CT molecular complexity index is 213. The summed E-state index contributed by atoms with van der Waals surface area (Å²) in [5.74, 6) is -1.44. The van der Waals surface area contributed by atoms with Gasteiger partial charge in [0.15, 0.2) is 0 Å². The Morgan fingerprint density at radius 3 is 1.80 bits per heavy atom. The zero-order valence-electron chi connectivity index (χ0n) is 10.1. The Hall–Kier alpha value is -1.06. The molecule has 0 rings (SSSR count). The minimum atomic E-state index is -0.913. The lowest BCUT2D eigenvalue weighted by Crippen LogP contribution is -2.32. The van der Waals surface area contributed by atoms with Crippen LogP contribution in [0.15, 0.2) is 0 Å². The van der Waals surface area contributed by atoms with E-state index in [0.29, 0.717) is 0 Å². The average molecular weight is 216 g/mol. The predicted molar refractivity (Wildman–Crippen MR) is 56.2 cm³/mol. The lowest BCUT2D eigenvalue weighted by Gasteiger charge is -2.24. The molecule has 4 nitrogen and oxygen atoms in total. The molecule has 0 unspecified atom stereocenters. The molecule has 0 saturated heterocycles. The van der Waals surface area contributed by atoms with Crippen molar-refractivity contribution < 1.29 is 19.1 Å². The van der Waals surface area contributed by atoms with Crippen LogP contribution >= 0.6 is 0 Å². The van der Waals surface area contributed by atoms with Crippen LogP contribution in [0.25, 0.3) is 0 Å². The van der Waals surface area contributed by atoms with Gasteiger partial charge in [-0.2, -0.15) is 0 Å². The number of hydrogen-bond acceptors (Lipinski definition) is 4. The molecule has 0 radical (unpaired) electrons. The molecule has 0 heterocycles. The summed E-state index contributed by atoms with van der Waals surface area (Å²) in [4.78, 5) is 22.3. The number of carbonyl (C=O) groups is 2. The van der Waals surface area contributed by atoms with Crippen LogP contribution in [0.4, 0.5) is 0 Å². The number of ether oxygens (including phenoxy) is 2. The molecular formula is C11H20O4. The van der Waals surface area contributed by atoms with Crippen LogP contribution < -0.4 is 0 Å². The second-order valence-electron chi connectivity index (χ2n) is 4.08. The summed E-state index contributed by atoms with van der Waals surface area (Å²) in [5, 5.41) is 0. The van der Waals surface area contributed by atoms with E-state index in [-0.39, 0.29) is 24.5 Å². The highest BCUT2D eigenvalue weighted by Gasteiger charge is 2.26. The van der Waals surface area contributed by atoms with Crippen LogP contribution in [0, 0.1) is 11.8 Å². The second kappa shape index (κ2) is 6.43. The van der Waals surface area contributed by atoms with Crippen molar-refractivity contribution in [3.05, 3.63) is 0 Å². The van der Waals surface area contributed by atoms with Crippen molar-refractivity contribution in [2.45, 2.75) is 40.7 Å². The lowest BCUT2D eigenvalue weighted by molar-refractivity contribution is -0.173. The van der Waals surface area contributed by atoms with Crippen LogP contribution in [0.3, 0.4) is 0 Å². The first-order chi connectivity index (χ1) is 6.90. The fourth-order valence-electron chi connectivity index (χ4n) is 1.40. The quantitative estimate of drug-likeness (QED) is 0.531. The van der Waals surface area contributed by atoms with Gasteiger partial charge in [0.05, 0.1) is 6.61 Å². The maximum atomic E-state index is 11.3. The number of hydrogen-bond donors (Lipinski definition) is 0. The zero-order chi connectivity index (χ0) is 12.0. The Morgan fingerprint density at radius 2 is 1.47 bits per heavy atom. The minimum absolute atomic E-state index is 0.182. The Kier molecular flexibility index (Phi) is 5.97. The first-order valence-corrected chi connectivity index (χ1v) is 5.27. The van der Waals surface area contributed by atoms with Gasteiger partial charge in [0.25, 0.3) is 0 Å². The normalized spacial score (nSPS) is 10.9. The fraction of sp³-hybridized carbons (Fsp3) is 0.818. The Morgan fingerprint density at radius 1 is 1.00 bits per heavy atom. The van der Waals surface area contributed by atoms with E-state index in [2.05, 4.69) is 4.74 Å². The molecule has 0 aliphatic carbocycles. The highest BCUT2D eigenvalue weighted by Crippen LogP contribution is 2.16. The van der Waals surface area contributed by atoms with Gasteiger partial charge >= 0.3 is 11.9 Å². The zero-order valence-corrected chi connectivity index (χ0v) is 10.1. The molecule has 0 saturated carbocycles. The number of carbonyl (C=O) groups excluding carboxylic acids is 2. The van der Waals surface area contributed by atoms with Crippen molar-refractivity contribution in [3.8, 4) is 0 Å². The fourth-order valence-corrected chi connectivity index (χ4v) is 1.40. The molecular weight excluding hydrogens is 196 g/mol. The molecule has 0 amide bonds. The predicted octanol–water partition coefficient (Wildman–Crippen LogP) is 1.77. The van der Waals surface area contributed by atoms with E-state index in [1.807, 2.05) is 27.7 Å². The van der Waals surface area contributed by atoms with Gasteiger partial charge in [0, 0.05) is 0 Å². The molecule has 0 fully saturated rings. The summed E-state index contributed by atoms with van der Waals surface area (Å²) in [6.45, 7) is 9.62. The third-order valence-electron chi connectivity index (χ3n) is 2.00. The van der Waals surface area contributed by atoms with Gasteiger partial charge in [0.1, 0.15) is 6.10 Å². The summed E-state index contributed by atoms with van der Waals surface area (Å²) in [6, 6.07) is 0. The van der Waals surface area contributed by atoms with Crippen LogP contribution in [-0.4, -0.2) is 24.6 Å². The summed E-state index contributed by atoms with van der Waals surface area (Å²) in [5.41, 5.74) is 0. The molecule has 0 N–H and O–H groups in total. The SMILES string of the molecule is CCOC(=O)C(=O)OC(C(C)C)C(C)C. The summed E-state index contributed by atoms with van der Waals surface area (Å²) >= 11 is 0. The molecule has 0 aromatic rings. The molecule has 88 valence electrons. The third-order valence-corrected chi connectivity index (χ3v) is 2.00. The highest BCUT2D eigenvalue weighted by molar-refractivity contribution is 6.29. The van der Waals surface area contributed by atoms with Gasteiger partial charge in [-0.1, -0.05) is 27.7 Å². The summed E-state index contributed by atoms with van der Waals surface area (Å²) in [6.07, 6.45) is -0.248. The van der Waals surface area contributed by atoms with E-state index in [9.17, 15) is 9.59 Å². The molecule has 0 spiro atoms. The van der Waals surface area contributed by atoms with E-state index >= 15 is 0 Å². The maximum Gasteiger partial charge on any atom is 0.417 e. The van der Waals surface area contributed by atoms with Crippen molar-refractivity contribution in [2.24, 2.45) is 11.8 Å². The first kappa shape index (κ1) is 13.9. The number of esters is 2. The van der Waals surface area contributed by atoms with E-state index in [0.717, 1.165) is 0 Å². The Balaban J connectivity index is 4.29. The van der Waals surface area contributed by atoms with Crippen molar-refractivity contribution in [2.75, 3.05) is 6.61 Å². The molecule has 0 bridgehead atoms. The minimum Gasteiger partial charge on any atom is -0.458 e. The lowest BCUT2D eigenvalue weighted by atomic mass is 9.96. The number of rotatable bonds is 4. The van der Waals surface area contributed by atoms with Crippen LogP contribution in [0.2, 0.25) is 0 Å². The van der Waals surface area contributed by atoms with Crippen molar-refractivity contribution in [1.82, 2.24) is 0 Å².